The number of rotatable bonds is 4. The summed E-state index contributed by atoms with van der Waals surface area (Å²) in [4.78, 5) is 16.6. The molecule has 0 aliphatic heterocycles. The molecule has 1 aromatic heterocycles. The molecular weight excluding hydrogens is 288 g/mol. The molecule has 1 aliphatic carbocycles. The minimum absolute atomic E-state index is 0.0426. The van der Waals surface area contributed by atoms with E-state index < -0.39 is 0 Å². The van der Waals surface area contributed by atoms with Crippen molar-refractivity contribution in [3.8, 4) is 0 Å². The maximum atomic E-state index is 12.1. The summed E-state index contributed by atoms with van der Waals surface area (Å²) in [7, 11) is 0. The van der Waals surface area contributed by atoms with Gasteiger partial charge in [-0.15, -0.1) is 0 Å². The summed E-state index contributed by atoms with van der Waals surface area (Å²) in [6.07, 6.45) is 7.27. The van der Waals surface area contributed by atoms with E-state index in [4.69, 9.17) is 0 Å². The van der Waals surface area contributed by atoms with Crippen LogP contribution in [0.2, 0.25) is 0 Å². The van der Waals surface area contributed by atoms with Crippen LogP contribution in [0.3, 0.4) is 0 Å². The maximum Gasteiger partial charge on any atom is 0.315 e. The second kappa shape index (κ2) is 7.49. The van der Waals surface area contributed by atoms with Gasteiger partial charge >= 0.3 is 6.03 Å². The average molecular weight is 314 g/mol. The number of imidazole rings is 1. The summed E-state index contributed by atoms with van der Waals surface area (Å²) >= 11 is 0. The number of carbonyl (C=O) groups is 1. The predicted octanol–water partition coefficient (Wildman–Crippen LogP) is 3.37. The van der Waals surface area contributed by atoms with Gasteiger partial charge in [-0.2, -0.15) is 0 Å². The molecule has 1 heterocycles. The Kier molecular flexibility index (Phi) is 5.16. The number of amides is 2. The zero-order chi connectivity index (χ0) is 16.1. The maximum absolute atomic E-state index is 12.1. The van der Waals surface area contributed by atoms with E-state index in [0.717, 1.165) is 36.2 Å². The number of nitrogens with zero attached hydrogens (tertiary/aromatic N) is 2. The molecule has 2 aromatic rings. The summed E-state index contributed by atoms with van der Waals surface area (Å²) in [6, 6.07) is 8.41. The summed E-state index contributed by atoms with van der Waals surface area (Å²) in [5.41, 5.74) is 2.13. The topological polar surface area (TPSA) is 59.0 Å². The second-order valence-electron chi connectivity index (χ2n) is 6.39. The molecule has 0 atom stereocenters. The Balaban J connectivity index is 1.50. The molecule has 0 saturated heterocycles. The minimum Gasteiger partial charge on any atom is -0.336 e. The van der Waals surface area contributed by atoms with E-state index in [1.165, 1.54) is 25.7 Å². The molecule has 2 amide bonds. The van der Waals surface area contributed by atoms with Crippen LogP contribution in [0.5, 0.6) is 0 Å². The second-order valence-corrected chi connectivity index (χ2v) is 6.39. The summed E-state index contributed by atoms with van der Waals surface area (Å²) in [6.45, 7) is 3.36. The van der Waals surface area contributed by atoms with Crippen LogP contribution in [0.15, 0.2) is 24.3 Å². The van der Waals surface area contributed by atoms with Gasteiger partial charge in [0.05, 0.1) is 11.0 Å². The van der Waals surface area contributed by atoms with Crippen molar-refractivity contribution in [1.29, 1.82) is 0 Å². The first kappa shape index (κ1) is 15.8. The molecule has 1 aromatic carbocycles. The van der Waals surface area contributed by atoms with Gasteiger partial charge in [0.1, 0.15) is 5.82 Å². The summed E-state index contributed by atoms with van der Waals surface area (Å²) < 4.78 is 2.15. The lowest BCUT2D eigenvalue weighted by molar-refractivity contribution is 0.235. The Hall–Kier alpha value is -2.04. The molecule has 5 heteroatoms. The smallest absolute Gasteiger partial charge is 0.315 e. The molecule has 0 radical (unpaired) electrons. The number of aryl methyl sites for hydroxylation is 1. The number of fused-ring (bicyclic) bond motifs is 1. The van der Waals surface area contributed by atoms with Gasteiger partial charge in [0, 0.05) is 19.1 Å². The van der Waals surface area contributed by atoms with Gasteiger partial charge < -0.3 is 15.2 Å². The van der Waals surface area contributed by atoms with Crippen LogP contribution in [-0.2, 0) is 6.54 Å². The van der Waals surface area contributed by atoms with Crippen LogP contribution in [-0.4, -0.2) is 28.2 Å². The molecule has 5 nitrogen and oxygen atoms in total. The van der Waals surface area contributed by atoms with E-state index in [1.807, 2.05) is 25.1 Å². The Morgan fingerprint density at radius 2 is 1.96 bits per heavy atom. The molecule has 1 aliphatic rings. The number of urea groups is 1. The highest BCUT2D eigenvalue weighted by atomic mass is 16.2. The third-order valence-electron chi connectivity index (χ3n) is 4.66. The molecule has 0 spiro atoms. The van der Waals surface area contributed by atoms with Crippen molar-refractivity contribution < 1.29 is 4.79 Å². The van der Waals surface area contributed by atoms with E-state index in [-0.39, 0.29) is 6.03 Å². The fourth-order valence-corrected chi connectivity index (χ4v) is 3.42. The molecule has 0 bridgehead atoms. The van der Waals surface area contributed by atoms with E-state index in [2.05, 4.69) is 26.3 Å². The molecule has 3 rings (SSSR count). The molecule has 1 fully saturated rings. The Morgan fingerprint density at radius 1 is 1.22 bits per heavy atom. The SMILES string of the molecule is Cc1nc2ccccc2n1CCNC(=O)NC1CCCCCC1. The summed E-state index contributed by atoms with van der Waals surface area (Å²) in [5.74, 6) is 0.983. The van der Waals surface area contributed by atoms with E-state index >= 15 is 0 Å². The number of hydrogen-bond acceptors (Lipinski definition) is 2. The lowest BCUT2D eigenvalue weighted by atomic mass is 10.1. The highest BCUT2D eigenvalue weighted by molar-refractivity contribution is 5.76. The highest BCUT2D eigenvalue weighted by Crippen LogP contribution is 2.17. The first-order valence-electron chi connectivity index (χ1n) is 8.70. The molecule has 2 N–H and O–H groups in total. The number of aromatic nitrogens is 2. The van der Waals surface area contributed by atoms with Crippen molar-refractivity contribution in [3.05, 3.63) is 30.1 Å². The first-order chi connectivity index (χ1) is 11.2. The van der Waals surface area contributed by atoms with Crippen molar-refractivity contribution in [1.82, 2.24) is 20.2 Å². The van der Waals surface area contributed by atoms with Gasteiger partial charge in [0.2, 0.25) is 0 Å². The number of benzene rings is 1. The van der Waals surface area contributed by atoms with Gasteiger partial charge in [-0.25, -0.2) is 9.78 Å². The number of nitrogens with one attached hydrogen (secondary N) is 2. The van der Waals surface area contributed by atoms with E-state index in [1.54, 1.807) is 0 Å². The van der Waals surface area contributed by atoms with Gasteiger partial charge in [-0.1, -0.05) is 37.8 Å². The number of para-hydroxylation sites is 2. The monoisotopic (exact) mass is 314 g/mol. The van der Waals surface area contributed by atoms with Crippen LogP contribution in [0.4, 0.5) is 4.79 Å². The Bertz CT molecular complexity index is 656. The van der Waals surface area contributed by atoms with Crippen molar-refractivity contribution >= 4 is 17.1 Å². The molecular formula is C18H26N4O. The zero-order valence-electron chi connectivity index (χ0n) is 13.8. The van der Waals surface area contributed by atoms with Crippen molar-refractivity contribution in [2.45, 2.75) is 58.0 Å². The fourth-order valence-electron chi connectivity index (χ4n) is 3.42. The van der Waals surface area contributed by atoms with Crippen molar-refractivity contribution in [2.24, 2.45) is 0 Å². The number of hydrogen-bond donors (Lipinski definition) is 2. The number of carbonyl (C=O) groups excluding carboxylic acids is 1. The predicted molar refractivity (Wildman–Crippen MR) is 92.5 cm³/mol. The average Bonchev–Trinajstić information content (AvgIpc) is 2.71. The normalized spacial score (nSPS) is 16.2. The van der Waals surface area contributed by atoms with E-state index in [0.29, 0.717) is 12.6 Å². The van der Waals surface area contributed by atoms with Gasteiger partial charge in [0.15, 0.2) is 0 Å². The Morgan fingerprint density at radius 3 is 2.74 bits per heavy atom. The zero-order valence-corrected chi connectivity index (χ0v) is 13.8. The summed E-state index contributed by atoms with van der Waals surface area (Å²) in [5, 5.41) is 6.10. The third-order valence-corrected chi connectivity index (χ3v) is 4.66. The lowest BCUT2D eigenvalue weighted by Crippen LogP contribution is -2.42. The van der Waals surface area contributed by atoms with Crippen LogP contribution >= 0.6 is 0 Å². The van der Waals surface area contributed by atoms with Crippen LogP contribution in [0.25, 0.3) is 11.0 Å². The molecule has 1 saturated carbocycles. The van der Waals surface area contributed by atoms with Gasteiger partial charge in [0.25, 0.3) is 0 Å². The van der Waals surface area contributed by atoms with E-state index in [9.17, 15) is 4.79 Å². The van der Waals surface area contributed by atoms with Crippen molar-refractivity contribution in [2.75, 3.05) is 6.54 Å². The molecule has 0 unspecified atom stereocenters. The third kappa shape index (κ3) is 4.03. The van der Waals surface area contributed by atoms with Crippen LogP contribution in [0, 0.1) is 6.92 Å². The largest absolute Gasteiger partial charge is 0.336 e. The first-order valence-corrected chi connectivity index (χ1v) is 8.70. The van der Waals surface area contributed by atoms with Crippen LogP contribution < -0.4 is 10.6 Å². The molecule has 23 heavy (non-hydrogen) atoms. The van der Waals surface area contributed by atoms with Crippen molar-refractivity contribution in [3.63, 3.8) is 0 Å². The minimum atomic E-state index is -0.0426. The Labute approximate surface area is 137 Å². The van der Waals surface area contributed by atoms with Crippen LogP contribution in [0.1, 0.15) is 44.3 Å². The highest BCUT2D eigenvalue weighted by Gasteiger charge is 2.14. The van der Waals surface area contributed by atoms with Gasteiger partial charge in [-0.05, 0) is 31.9 Å². The standard InChI is InChI=1S/C18H26N4O/c1-14-20-16-10-6-7-11-17(16)22(14)13-12-19-18(23)21-15-8-4-2-3-5-9-15/h6-7,10-11,15H,2-5,8-9,12-13H2,1H3,(H2,19,21,23). The quantitative estimate of drug-likeness (QED) is 0.850. The van der Waals surface area contributed by atoms with Gasteiger partial charge in [-0.3, -0.25) is 0 Å². The lowest BCUT2D eigenvalue weighted by Gasteiger charge is -2.17. The molecule has 124 valence electrons. The fraction of sp³-hybridized carbons (Fsp3) is 0.556.